The van der Waals surface area contributed by atoms with E-state index in [-0.39, 0.29) is 13.2 Å². The standard InChI is InChI=1S/C23H24F3NO2/c24-23(25,26)22(21(28)27-17-20-10-5-2-6-11-20)16-19(12-7-15-29-22)14-13-18-8-3-1-4-9-18/h1-6,8-11,14H,7,12-13,15-17H2,(H,27,28)/b19-14-. The van der Waals surface area contributed by atoms with E-state index >= 15 is 0 Å². The number of carbonyl (C=O) groups excluding carboxylic acids is 1. The molecule has 1 atom stereocenters. The van der Waals surface area contributed by atoms with E-state index in [1.165, 1.54) is 0 Å². The van der Waals surface area contributed by atoms with E-state index in [2.05, 4.69) is 5.32 Å². The number of hydrogen-bond acceptors (Lipinski definition) is 2. The first-order valence-electron chi connectivity index (χ1n) is 9.65. The largest absolute Gasteiger partial charge is 0.426 e. The topological polar surface area (TPSA) is 38.3 Å². The van der Waals surface area contributed by atoms with Gasteiger partial charge in [-0.2, -0.15) is 13.2 Å². The first-order valence-corrected chi connectivity index (χ1v) is 9.65. The summed E-state index contributed by atoms with van der Waals surface area (Å²) >= 11 is 0. The molecule has 6 heteroatoms. The van der Waals surface area contributed by atoms with Crippen LogP contribution in [-0.2, 0) is 22.5 Å². The second kappa shape index (κ2) is 9.27. The lowest BCUT2D eigenvalue weighted by atomic mass is 9.90. The van der Waals surface area contributed by atoms with Gasteiger partial charge in [-0.05, 0) is 30.4 Å². The van der Waals surface area contributed by atoms with Crippen LogP contribution in [0.1, 0.15) is 30.4 Å². The molecule has 154 valence electrons. The van der Waals surface area contributed by atoms with Crippen LogP contribution in [-0.4, -0.2) is 24.3 Å². The molecule has 29 heavy (non-hydrogen) atoms. The fourth-order valence-corrected chi connectivity index (χ4v) is 3.43. The zero-order chi connectivity index (χ0) is 20.7. The van der Waals surface area contributed by atoms with E-state index in [9.17, 15) is 18.0 Å². The number of benzene rings is 2. The summed E-state index contributed by atoms with van der Waals surface area (Å²) in [5.74, 6) is -1.14. The maximum atomic E-state index is 14.1. The SMILES string of the molecule is O=C(NCc1ccccc1)C1(C(F)(F)F)C/C(=C\Cc2ccccc2)CCCO1. The summed E-state index contributed by atoms with van der Waals surface area (Å²) in [5.41, 5.74) is -0.526. The first-order chi connectivity index (χ1) is 13.9. The van der Waals surface area contributed by atoms with Gasteiger partial charge in [0.2, 0.25) is 5.60 Å². The zero-order valence-corrected chi connectivity index (χ0v) is 16.0. The lowest BCUT2D eigenvalue weighted by molar-refractivity contribution is -0.265. The van der Waals surface area contributed by atoms with E-state index in [0.717, 1.165) is 11.1 Å². The molecule has 1 saturated heterocycles. The summed E-state index contributed by atoms with van der Waals surface area (Å²) in [6.07, 6.45) is -2.04. The van der Waals surface area contributed by atoms with Crippen molar-refractivity contribution >= 4 is 5.91 Å². The Kier molecular flexibility index (Phi) is 6.75. The average molecular weight is 403 g/mol. The van der Waals surface area contributed by atoms with Gasteiger partial charge in [0, 0.05) is 19.6 Å². The van der Waals surface area contributed by atoms with Gasteiger partial charge in [-0.25, -0.2) is 0 Å². The second-order valence-corrected chi connectivity index (χ2v) is 7.17. The van der Waals surface area contributed by atoms with E-state index in [1.807, 2.05) is 30.3 Å². The molecule has 2 aromatic rings. The lowest BCUT2D eigenvalue weighted by Gasteiger charge is -2.33. The van der Waals surface area contributed by atoms with Crippen LogP contribution in [0.25, 0.3) is 0 Å². The number of allylic oxidation sites excluding steroid dienone is 1. The fourth-order valence-electron chi connectivity index (χ4n) is 3.43. The first kappa shape index (κ1) is 21.1. The number of alkyl halides is 3. The highest BCUT2D eigenvalue weighted by Gasteiger charge is 2.62. The third-order valence-electron chi connectivity index (χ3n) is 5.06. The Bertz CT molecular complexity index is 834. The maximum Gasteiger partial charge on any atom is 0.426 e. The van der Waals surface area contributed by atoms with Crippen molar-refractivity contribution in [3.05, 3.63) is 83.4 Å². The summed E-state index contributed by atoms with van der Waals surface area (Å²) in [5, 5.41) is 2.43. The molecule has 0 spiro atoms. The Morgan fingerprint density at radius 1 is 1.03 bits per heavy atom. The Hall–Kier alpha value is -2.60. The van der Waals surface area contributed by atoms with Crippen molar-refractivity contribution in [3.63, 3.8) is 0 Å². The highest BCUT2D eigenvalue weighted by atomic mass is 19.4. The molecular formula is C23H24F3NO2. The number of halogens is 3. The molecule has 1 aliphatic rings. The summed E-state index contributed by atoms with van der Waals surface area (Å²) in [6, 6.07) is 18.4. The van der Waals surface area contributed by atoms with Gasteiger partial charge in [0.1, 0.15) is 0 Å². The fraction of sp³-hybridized carbons (Fsp3) is 0.348. The molecule has 1 aliphatic heterocycles. The molecular weight excluding hydrogens is 379 g/mol. The highest BCUT2D eigenvalue weighted by Crippen LogP contribution is 2.41. The number of amides is 1. The number of ether oxygens (including phenoxy) is 1. The van der Waals surface area contributed by atoms with Crippen molar-refractivity contribution in [3.8, 4) is 0 Å². The highest BCUT2D eigenvalue weighted by molar-refractivity contribution is 5.86. The van der Waals surface area contributed by atoms with Crippen molar-refractivity contribution in [1.29, 1.82) is 0 Å². The Labute approximate surface area is 168 Å². The van der Waals surface area contributed by atoms with E-state index in [1.54, 1.807) is 36.4 Å². The van der Waals surface area contributed by atoms with Crippen molar-refractivity contribution in [2.75, 3.05) is 6.61 Å². The Balaban J connectivity index is 1.80. The van der Waals surface area contributed by atoms with Crippen LogP contribution < -0.4 is 5.32 Å². The van der Waals surface area contributed by atoms with Gasteiger partial charge in [-0.15, -0.1) is 0 Å². The van der Waals surface area contributed by atoms with E-state index < -0.39 is 24.1 Å². The van der Waals surface area contributed by atoms with Crippen LogP contribution in [0.15, 0.2) is 72.3 Å². The van der Waals surface area contributed by atoms with Crippen molar-refractivity contribution < 1.29 is 22.7 Å². The third kappa shape index (κ3) is 5.26. The average Bonchev–Trinajstić information content (AvgIpc) is 2.95. The van der Waals surface area contributed by atoms with E-state index in [0.29, 0.717) is 24.8 Å². The summed E-state index contributed by atoms with van der Waals surface area (Å²) < 4.78 is 47.4. The van der Waals surface area contributed by atoms with Crippen molar-refractivity contribution in [2.24, 2.45) is 0 Å². The Morgan fingerprint density at radius 3 is 2.28 bits per heavy atom. The van der Waals surface area contributed by atoms with Crippen LogP contribution in [0, 0.1) is 0 Å². The van der Waals surface area contributed by atoms with Gasteiger partial charge in [-0.1, -0.05) is 72.3 Å². The van der Waals surface area contributed by atoms with Gasteiger partial charge < -0.3 is 10.1 Å². The Morgan fingerprint density at radius 2 is 1.66 bits per heavy atom. The van der Waals surface area contributed by atoms with Gasteiger partial charge >= 0.3 is 6.18 Å². The molecule has 0 aliphatic carbocycles. The van der Waals surface area contributed by atoms with Gasteiger partial charge in [0.25, 0.3) is 5.91 Å². The molecule has 0 radical (unpaired) electrons. The molecule has 1 unspecified atom stereocenters. The molecule has 2 aromatic carbocycles. The van der Waals surface area contributed by atoms with Crippen LogP contribution in [0.2, 0.25) is 0 Å². The molecule has 0 aromatic heterocycles. The molecule has 0 bridgehead atoms. The summed E-state index contributed by atoms with van der Waals surface area (Å²) in [4.78, 5) is 12.7. The quantitative estimate of drug-likeness (QED) is 0.716. The molecule has 3 rings (SSSR count). The molecule has 0 saturated carbocycles. The van der Waals surface area contributed by atoms with Gasteiger partial charge in [-0.3, -0.25) is 4.79 Å². The maximum absolute atomic E-state index is 14.1. The molecule has 1 fully saturated rings. The minimum Gasteiger partial charge on any atom is -0.357 e. The van der Waals surface area contributed by atoms with Crippen LogP contribution >= 0.6 is 0 Å². The minimum atomic E-state index is -4.82. The predicted molar refractivity (Wildman–Crippen MR) is 105 cm³/mol. The smallest absolute Gasteiger partial charge is 0.357 e. The van der Waals surface area contributed by atoms with Gasteiger partial charge in [0.15, 0.2) is 0 Å². The second-order valence-electron chi connectivity index (χ2n) is 7.17. The summed E-state index contributed by atoms with van der Waals surface area (Å²) in [7, 11) is 0. The molecule has 1 heterocycles. The third-order valence-corrected chi connectivity index (χ3v) is 5.06. The predicted octanol–water partition coefficient (Wildman–Crippen LogP) is 4.97. The summed E-state index contributed by atoms with van der Waals surface area (Å²) in [6.45, 7) is -0.0924. The number of carbonyl (C=O) groups is 1. The monoisotopic (exact) mass is 403 g/mol. The van der Waals surface area contributed by atoms with Crippen LogP contribution in [0.4, 0.5) is 13.2 Å². The zero-order valence-electron chi connectivity index (χ0n) is 16.0. The van der Waals surface area contributed by atoms with Crippen molar-refractivity contribution in [1.82, 2.24) is 5.32 Å². The van der Waals surface area contributed by atoms with E-state index in [4.69, 9.17) is 4.74 Å². The number of hydrogen-bond donors (Lipinski definition) is 1. The van der Waals surface area contributed by atoms with Gasteiger partial charge in [0.05, 0.1) is 0 Å². The molecule has 1 amide bonds. The molecule has 3 nitrogen and oxygen atoms in total. The number of rotatable bonds is 5. The minimum absolute atomic E-state index is 0.0178. The molecule has 1 N–H and O–H groups in total. The number of nitrogens with one attached hydrogen (secondary N) is 1. The normalized spacial score (nSPS) is 21.6. The van der Waals surface area contributed by atoms with Crippen LogP contribution in [0.5, 0.6) is 0 Å². The van der Waals surface area contributed by atoms with Crippen molar-refractivity contribution in [2.45, 2.75) is 44.0 Å². The lowest BCUT2D eigenvalue weighted by Crippen LogP contribution is -2.58. The van der Waals surface area contributed by atoms with Crippen LogP contribution in [0.3, 0.4) is 0 Å².